The number of allylic oxidation sites excluding steroid dienone is 2. The van der Waals surface area contributed by atoms with Crippen molar-refractivity contribution in [2.24, 2.45) is 0 Å². The van der Waals surface area contributed by atoms with Gasteiger partial charge in [0.05, 0.1) is 5.69 Å². The minimum Gasteiger partial charge on any atom is -0.506 e. The van der Waals surface area contributed by atoms with Gasteiger partial charge in [0.1, 0.15) is 5.76 Å². The van der Waals surface area contributed by atoms with Gasteiger partial charge in [0.2, 0.25) is 0 Å². The molecule has 0 bridgehead atoms. The van der Waals surface area contributed by atoms with Crippen molar-refractivity contribution < 1.29 is 5.11 Å². The predicted molar refractivity (Wildman–Crippen MR) is 56.5 cm³/mol. The highest BCUT2D eigenvalue weighted by molar-refractivity contribution is 5.53. The van der Waals surface area contributed by atoms with Crippen LogP contribution in [0.25, 0.3) is 18.4 Å². The minimum atomic E-state index is 0.0324. The molecule has 1 heterocycles. The van der Waals surface area contributed by atoms with Crippen molar-refractivity contribution in [1.29, 1.82) is 0 Å². The molecule has 0 unspecified atom stereocenters. The number of aliphatic hydroxyl groups excluding tert-OH is 1. The summed E-state index contributed by atoms with van der Waals surface area (Å²) < 4.78 is 0. The van der Waals surface area contributed by atoms with Crippen LogP contribution in [0.1, 0.15) is 12.6 Å². The van der Waals surface area contributed by atoms with E-state index in [4.69, 9.17) is 5.11 Å². The molecule has 1 aromatic heterocycles. The van der Waals surface area contributed by atoms with Crippen LogP contribution in [0.2, 0.25) is 0 Å². The maximum Gasteiger partial charge on any atom is 0.131 e. The van der Waals surface area contributed by atoms with Crippen molar-refractivity contribution in [1.82, 2.24) is 4.98 Å². The van der Waals surface area contributed by atoms with Gasteiger partial charge in [-0.3, -0.25) is 0 Å². The molecule has 13 heavy (non-hydrogen) atoms. The molecule has 0 aliphatic carbocycles. The number of aliphatic hydroxyl groups is 1. The van der Waals surface area contributed by atoms with E-state index in [1.165, 1.54) is 0 Å². The Labute approximate surface area is 77.2 Å². The molecule has 0 aliphatic rings. The highest BCUT2D eigenvalue weighted by atomic mass is 16.3. The van der Waals surface area contributed by atoms with Gasteiger partial charge in [0, 0.05) is 5.35 Å². The Morgan fingerprint density at radius 3 is 2.77 bits per heavy atom. The quantitative estimate of drug-likeness (QED) is 0.653. The first-order valence-electron chi connectivity index (χ1n) is 4.04. The fourth-order valence-corrected chi connectivity index (χ4v) is 1.01. The number of H-pyrrole nitrogens is 1. The van der Waals surface area contributed by atoms with E-state index in [0.29, 0.717) is 5.69 Å². The van der Waals surface area contributed by atoms with Gasteiger partial charge < -0.3 is 10.1 Å². The van der Waals surface area contributed by atoms with Gasteiger partial charge >= 0.3 is 0 Å². The van der Waals surface area contributed by atoms with Crippen molar-refractivity contribution in [3.05, 3.63) is 41.1 Å². The molecule has 0 radical (unpaired) electrons. The van der Waals surface area contributed by atoms with E-state index in [1.807, 2.05) is 25.2 Å². The summed E-state index contributed by atoms with van der Waals surface area (Å²) in [6.07, 6.45) is 5.73. The number of aromatic nitrogens is 1. The van der Waals surface area contributed by atoms with Crippen molar-refractivity contribution in [2.75, 3.05) is 0 Å². The zero-order valence-corrected chi connectivity index (χ0v) is 7.67. The van der Waals surface area contributed by atoms with Crippen molar-refractivity contribution in [2.45, 2.75) is 6.92 Å². The lowest BCUT2D eigenvalue weighted by molar-refractivity contribution is 0.511. The maximum absolute atomic E-state index is 9.10. The van der Waals surface area contributed by atoms with Gasteiger partial charge in [-0.15, -0.1) is 0 Å². The van der Waals surface area contributed by atoms with Crippen LogP contribution < -0.4 is 10.6 Å². The van der Waals surface area contributed by atoms with E-state index < -0.39 is 0 Å². The smallest absolute Gasteiger partial charge is 0.131 e. The topological polar surface area (TPSA) is 36.0 Å². The summed E-state index contributed by atoms with van der Waals surface area (Å²) in [6, 6.07) is 1.76. The zero-order valence-electron chi connectivity index (χ0n) is 7.67. The van der Waals surface area contributed by atoms with Crippen LogP contribution in [0.4, 0.5) is 0 Å². The lowest BCUT2D eigenvalue weighted by atomic mass is 10.3. The molecule has 1 rings (SSSR count). The molecule has 0 aromatic carbocycles. The van der Waals surface area contributed by atoms with Crippen molar-refractivity contribution >= 4 is 18.4 Å². The monoisotopic (exact) mass is 175 g/mol. The summed E-state index contributed by atoms with van der Waals surface area (Å²) in [4.78, 5) is 3.00. The molecule has 0 atom stereocenters. The van der Waals surface area contributed by atoms with Crippen LogP contribution in [-0.4, -0.2) is 10.1 Å². The lowest BCUT2D eigenvalue weighted by Gasteiger charge is -1.88. The van der Waals surface area contributed by atoms with E-state index in [9.17, 15) is 0 Å². The molecule has 0 spiro atoms. The van der Waals surface area contributed by atoms with Gasteiger partial charge in [-0.1, -0.05) is 25.3 Å². The summed E-state index contributed by atoms with van der Waals surface area (Å²) in [5, 5.41) is 10.8. The Morgan fingerprint density at radius 1 is 1.62 bits per heavy atom. The third-order valence-electron chi connectivity index (χ3n) is 1.70. The van der Waals surface area contributed by atoms with E-state index >= 15 is 0 Å². The molecular formula is C11H13NO. The van der Waals surface area contributed by atoms with Crippen LogP contribution in [-0.2, 0) is 0 Å². The maximum atomic E-state index is 9.10. The zero-order chi connectivity index (χ0) is 9.84. The van der Waals surface area contributed by atoms with Gasteiger partial charge in [-0.05, 0) is 24.3 Å². The Kier molecular flexibility index (Phi) is 2.75. The third kappa shape index (κ3) is 2.12. The summed E-state index contributed by atoms with van der Waals surface area (Å²) >= 11 is 0. The van der Waals surface area contributed by atoms with Crippen molar-refractivity contribution in [3.8, 4) is 0 Å². The third-order valence-corrected chi connectivity index (χ3v) is 1.70. The second kappa shape index (κ2) is 3.81. The number of hydrogen-bond acceptors (Lipinski definition) is 1. The Morgan fingerprint density at radius 2 is 2.31 bits per heavy atom. The summed E-state index contributed by atoms with van der Waals surface area (Å²) in [6.45, 7) is 9.19. The normalized spacial score (nSPS) is 12.5. The average Bonchev–Trinajstić information content (AvgIpc) is 2.44. The highest BCUT2D eigenvalue weighted by Gasteiger charge is 1.96. The largest absolute Gasteiger partial charge is 0.506 e. The van der Waals surface area contributed by atoms with Gasteiger partial charge in [0.25, 0.3) is 0 Å². The summed E-state index contributed by atoms with van der Waals surface area (Å²) in [5.74, 6) is 0.0324. The first-order valence-corrected chi connectivity index (χ1v) is 4.04. The number of aromatic amines is 1. The molecule has 0 aliphatic heterocycles. The molecule has 0 saturated carbocycles. The number of hydrogen-bond donors (Lipinski definition) is 2. The highest BCUT2D eigenvalue weighted by Crippen LogP contribution is 1.98. The molecule has 68 valence electrons. The van der Waals surface area contributed by atoms with E-state index in [1.54, 1.807) is 6.07 Å². The van der Waals surface area contributed by atoms with Gasteiger partial charge in [-0.25, -0.2) is 0 Å². The molecule has 2 heteroatoms. The van der Waals surface area contributed by atoms with Crippen LogP contribution >= 0.6 is 0 Å². The summed E-state index contributed by atoms with van der Waals surface area (Å²) in [5.41, 5.74) is 0.612. The van der Waals surface area contributed by atoms with Crippen LogP contribution in [0.5, 0.6) is 0 Å². The summed E-state index contributed by atoms with van der Waals surface area (Å²) in [7, 11) is 0. The Bertz CT molecular complexity index is 437. The van der Waals surface area contributed by atoms with Gasteiger partial charge in [-0.2, -0.15) is 0 Å². The fraction of sp³-hybridized carbons (Fsp3) is 0.0909. The first-order chi connectivity index (χ1) is 6.15. The van der Waals surface area contributed by atoms with E-state index in [-0.39, 0.29) is 5.76 Å². The molecule has 2 nitrogen and oxygen atoms in total. The standard InChI is InChI=1S/C11H13NO/c1-4-5-6-10-8(2)7-11(12-10)9(3)13/h4-7,12-13H,2-3H2,1H3/b5-4-,10-6+. The van der Waals surface area contributed by atoms with Crippen LogP contribution in [0.3, 0.4) is 0 Å². The second-order valence-electron chi connectivity index (χ2n) is 2.76. The molecule has 1 aromatic rings. The molecule has 0 fully saturated rings. The first kappa shape index (κ1) is 9.39. The molecule has 0 saturated heterocycles. The Hall–Kier alpha value is -1.70. The number of rotatable bonds is 2. The van der Waals surface area contributed by atoms with Crippen LogP contribution in [0, 0.1) is 0 Å². The Balaban J connectivity index is 3.26. The van der Waals surface area contributed by atoms with Crippen LogP contribution in [0.15, 0.2) is 24.8 Å². The SMILES string of the molecule is C=C(O)c1cc(=C)/c(=C\C=C/C)[nH]1. The molecular weight excluding hydrogens is 162 g/mol. The molecule has 0 amide bonds. The fourth-order valence-electron chi connectivity index (χ4n) is 1.01. The lowest BCUT2D eigenvalue weighted by Crippen LogP contribution is -2.19. The predicted octanol–water partition coefficient (Wildman–Crippen LogP) is 1.31. The minimum absolute atomic E-state index is 0.0324. The molecule has 2 N–H and O–H groups in total. The number of nitrogens with one attached hydrogen (secondary N) is 1. The average molecular weight is 175 g/mol. The van der Waals surface area contributed by atoms with E-state index in [2.05, 4.69) is 18.1 Å². The van der Waals surface area contributed by atoms with Crippen molar-refractivity contribution in [3.63, 3.8) is 0 Å². The van der Waals surface area contributed by atoms with Gasteiger partial charge in [0.15, 0.2) is 0 Å². The van der Waals surface area contributed by atoms with E-state index in [0.717, 1.165) is 10.6 Å². The second-order valence-corrected chi connectivity index (χ2v) is 2.76.